The number of carbonyl (C=O) groups is 2. The van der Waals surface area contributed by atoms with Crippen molar-refractivity contribution in [3.8, 4) is 0 Å². The quantitative estimate of drug-likeness (QED) is 0.314. The number of aliphatic carboxylic acids is 1. The number of carboxylic acids is 1. The molecule has 0 aliphatic carbocycles. The number of aliphatic imine (C=N–C) groups is 1. The second-order valence-corrected chi connectivity index (χ2v) is 10.4. The first-order chi connectivity index (χ1) is 18.5. The van der Waals surface area contributed by atoms with E-state index in [-0.39, 0.29) is 5.91 Å². The molecule has 204 valence electrons. The van der Waals surface area contributed by atoms with Gasteiger partial charge in [0.25, 0.3) is 5.91 Å². The summed E-state index contributed by atoms with van der Waals surface area (Å²) in [5.74, 6) is -2.95. The average molecular weight is 597 g/mol. The monoisotopic (exact) mass is 596 g/mol. The van der Waals surface area contributed by atoms with E-state index in [2.05, 4.69) is 32.3 Å². The highest BCUT2D eigenvalue weighted by Crippen LogP contribution is 2.36. The highest BCUT2D eigenvalue weighted by atomic mass is 35.5. The molecule has 2 aromatic carbocycles. The average Bonchev–Trinajstić information content (AvgIpc) is 3.24. The third kappa shape index (κ3) is 7.23. The van der Waals surface area contributed by atoms with Crippen LogP contribution in [0, 0.1) is 0 Å². The third-order valence-electron chi connectivity index (χ3n) is 5.78. The maximum absolute atomic E-state index is 12.6. The number of fused-ring (bicyclic) bond motifs is 1. The van der Waals surface area contributed by atoms with Crippen molar-refractivity contribution in [1.29, 1.82) is 0 Å². The van der Waals surface area contributed by atoms with Gasteiger partial charge in [-0.3, -0.25) is 9.78 Å². The number of pyridine rings is 1. The standard InChI is InChI=1S/C24H20Cl2N4OS.C2HF3O2/c25-17-5-4-6-18(26)22(17)28-24-29-23(31)21(32-24)14-15-7-8-19-16(13-15)20(9-10-27-19)30-11-2-1-3-12-30;3-2(4,5)1(6)7/h4-10,13-14H,1-3,11-12H2,(H,28,29,31);(H,6,7)/b21-14+;. The molecule has 2 fully saturated rings. The maximum Gasteiger partial charge on any atom is 0.490 e. The summed E-state index contributed by atoms with van der Waals surface area (Å²) in [5, 5.41) is 12.3. The van der Waals surface area contributed by atoms with Crippen LogP contribution in [-0.2, 0) is 9.59 Å². The molecule has 2 N–H and O–H groups in total. The van der Waals surface area contributed by atoms with Crippen molar-refractivity contribution in [3.63, 3.8) is 0 Å². The number of hydrogen-bond donors (Lipinski definition) is 2. The molecule has 39 heavy (non-hydrogen) atoms. The van der Waals surface area contributed by atoms with Crippen molar-refractivity contribution in [2.24, 2.45) is 4.99 Å². The second kappa shape index (κ2) is 12.3. The molecule has 3 heterocycles. The lowest BCUT2D eigenvalue weighted by atomic mass is 10.1. The van der Waals surface area contributed by atoms with Gasteiger partial charge in [0.15, 0.2) is 5.17 Å². The zero-order chi connectivity index (χ0) is 28.2. The molecule has 13 heteroatoms. The van der Waals surface area contributed by atoms with Crippen LogP contribution in [0.2, 0.25) is 10.0 Å². The first kappa shape index (κ1) is 28.7. The van der Waals surface area contributed by atoms with Gasteiger partial charge in [-0.2, -0.15) is 13.2 Å². The minimum absolute atomic E-state index is 0.195. The lowest BCUT2D eigenvalue weighted by molar-refractivity contribution is -0.192. The van der Waals surface area contributed by atoms with Gasteiger partial charge in [0.1, 0.15) is 5.69 Å². The molecule has 5 rings (SSSR count). The molecule has 2 aliphatic heterocycles. The number of aromatic nitrogens is 1. The van der Waals surface area contributed by atoms with Crippen molar-refractivity contribution in [3.05, 3.63) is 69.2 Å². The lowest BCUT2D eigenvalue weighted by Gasteiger charge is -2.29. The normalized spacial score (nSPS) is 17.8. The van der Waals surface area contributed by atoms with Crippen LogP contribution in [0.1, 0.15) is 24.8 Å². The van der Waals surface area contributed by atoms with E-state index in [1.165, 1.54) is 36.7 Å². The molecule has 0 saturated carbocycles. The molecule has 1 amide bonds. The van der Waals surface area contributed by atoms with Crippen molar-refractivity contribution in [2.75, 3.05) is 18.0 Å². The molecule has 0 spiro atoms. The van der Waals surface area contributed by atoms with E-state index >= 15 is 0 Å². The van der Waals surface area contributed by atoms with Gasteiger partial charge in [-0.25, -0.2) is 9.79 Å². The van der Waals surface area contributed by atoms with Gasteiger partial charge in [-0.15, -0.1) is 0 Å². The Kier molecular flexibility index (Phi) is 9.04. The van der Waals surface area contributed by atoms with E-state index in [0.717, 1.165) is 29.6 Å². The number of benzene rings is 2. The second-order valence-electron chi connectivity index (χ2n) is 8.51. The van der Waals surface area contributed by atoms with E-state index < -0.39 is 12.1 Å². The van der Waals surface area contributed by atoms with E-state index in [1.54, 1.807) is 18.2 Å². The summed E-state index contributed by atoms with van der Waals surface area (Å²) in [5.41, 5.74) is 3.55. The SMILES string of the molecule is O=C(O)C(F)(F)F.O=C1NC(=Nc2c(Cl)cccc2Cl)S/C1=C/c1ccc2nccc(N3CCCCC3)c2c1. The number of piperidine rings is 1. The molecular formula is C26H21Cl2F3N4O3S. The molecule has 2 aliphatic rings. The Morgan fingerprint density at radius 2 is 1.77 bits per heavy atom. The predicted molar refractivity (Wildman–Crippen MR) is 149 cm³/mol. The molecule has 2 saturated heterocycles. The van der Waals surface area contributed by atoms with E-state index in [4.69, 9.17) is 33.1 Å². The van der Waals surface area contributed by atoms with Crippen LogP contribution in [0.25, 0.3) is 17.0 Å². The molecular weight excluding hydrogens is 576 g/mol. The number of carboxylic acid groups (broad SMARTS) is 1. The van der Waals surface area contributed by atoms with E-state index in [0.29, 0.717) is 25.8 Å². The van der Waals surface area contributed by atoms with Crippen LogP contribution >= 0.6 is 35.0 Å². The van der Waals surface area contributed by atoms with Gasteiger partial charge in [-0.1, -0.05) is 35.3 Å². The van der Waals surface area contributed by atoms with Gasteiger partial charge in [-0.05, 0) is 73.0 Å². The fourth-order valence-corrected chi connectivity index (χ4v) is 5.29. The van der Waals surface area contributed by atoms with E-state index in [9.17, 15) is 18.0 Å². The van der Waals surface area contributed by atoms with Crippen LogP contribution in [0.15, 0.2) is 58.6 Å². The fourth-order valence-electron chi connectivity index (χ4n) is 3.98. The number of para-hydroxylation sites is 1. The first-order valence-electron chi connectivity index (χ1n) is 11.7. The zero-order valence-corrected chi connectivity index (χ0v) is 22.5. The Bertz CT molecular complexity index is 1450. The summed E-state index contributed by atoms with van der Waals surface area (Å²) in [7, 11) is 0. The number of hydrogen-bond acceptors (Lipinski definition) is 6. The van der Waals surface area contributed by atoms with Gasteiger partial charge in [0.05, 0.1) is 20.5 Å². The van der Waals surface area contributed by atoms with Crippen LogP contribution in [0.4, 0.5) is 24.5 Å². The summed E-state index contributed by atoms with van der Waals surface area (Å²) in [4.78, 5) is 33.4. The van der Waals surface area contributed by atoms with E-state index in [1.807, 2.05) is 24.4 Å². The van der Waals surface area contributed by atoms with Crippen LogP contribution in [0.3, 0.4) is 0 Å². The molecule has 0 unspecified atom stereocenters. The van der Waals surface area contributed by atoms with Crippen molar-refractivity contribution < 1.29 is 27.9 Å². The maximum atomic E-state index is 12.6. The largest absolute Gasteiger partial charge is 0.490 e. The van der Waals surface area contributed by atoms with Gasteiger partial charge < -0.3 is 15.3 Å². The Morgan fingerprint density at radius 3 is 2.41 bits per heavy atom. The number of nitrogens with zero attached hydrogens (tertiary/aromatic N) is 3. The van der Waals surface area contributed by atoms with Crippen molar-refractivity contribution >= 4 is 80.4 Å². The van der Waals surface area contributed by atoms with Gasteiger partial charge in [0, 0.05) is 30.4 Å². The van der Waals surface area contributed by atoms with Crippen LogP contribution in [-0.4, -0.2) is 46.4 Å². The molecule has 1 aromatic heterocycles. The minimum Gasteiger partial charge on any atom is -0.475 e. The zero-order valence-electron chi connectivity index (χ0n) is 20.1. The fraction of sp³-hybridized carbons (Fsp3) is 0.231. The van der Waals surface area contributed by atoms with Gasteiger partial charge >= 0.3 is 12.1 Å². The number of thioether (sulfide) groups is 1. The molecule has 0 radical (unpaired) electrons. The Hall–Kier alpha value is -3.28. The summed E-state index contributed by atoms with van der Waals surface area (Å²) in [6, 6.07) is 13.4. The Morgan fingerprint density at radius 1 is 1.10 bits per heavy atom. The number of alkyl halides is 3. The Balaban J connectivity index is 0.000000448. The third-order valence-corrected chi connectivity index (χ3v) is 7.30. The molecule has 3 aromatic rings. The van der Waals surface area contributed by atoms with Crippen LogP contribution < -0.4 is 10.2 Å². The molecule has 7 nitrogen and oxygen atoms in total. The smallest absolute Gasteiger partial charge is 0.475 e. The number of nitrogens with one attached hydrogen (secondary N) is 1. The summed E-state index contributed by atoms with van der Waals surface area (Å²) in [6.45, 7) is 2.13. The summed E-state index contributed by atoms with van der Waals surface area (Å²) >= 11 is 13.7. The topological polar surface area (TPSA) is 94.9 Å². The number of halogens is 5. The predicted octanol–water partition coefficient (Wildman–Crippen LogP) is 7.06. The van der Waals surface area contributed by atoms with Crippen molar-refractivity contribution in [1.82, 2.24) is 10.3 Å². The minimum atomic E-state index is -5.08. The summed E-state index contributed by atoms with van der Waals surface area (Å²) < 4.78 is 31.7. The van der Waals surface area contributed by atoms with Gasteiger partial charge in [0.2, 0.25) is 0 Å². The number of anilines is 1. The molecule has 0 bridgehead atoms. The molecule has 0 atom stereocenters. The number of rotatable bonds is 3. The number of amides is 1. The Labute approximate surface area is 235 Å². The highest BCUT2D eigenvalue weighted by molar-refractivity contribution is 8.18. The number of amidine groups is 1. The highest BCUT2D eigenvalue weighted by Gasteiger charge is 2.38. The summed E-state index contributed by atoms with van der Waals surface area (Å²) in [6.07, 6.45) is 2.37. The van der Waals surface area contributed by atoms with Crippen molar-refractivity contribution in [2.45, 2.75) is 25.4 Å². The first-order valence-corrected chi connectivity index (χ1v) is 13.3. The lowest BCUT2D eigenvalue weighted by Crippen LogP contribution is -2.29. The van der Waals surface area contributed by atoms with Crippen LogP contribution in [0.5, 0.6) is 0 Å². The number of carbonyl (C=O) groups excluding carboxylic acids is 1.